The maximum atomic E-state index is 12.0. The van der Waals surface area contributed by atoms with Gasteiger partial charge < -0.3 is 15.4 Å². The van der Waals surface area contributed by atoms with Crippen LogP contribution in [0.3, 0.4) is 0 Å². The zero-order valence-electron chi connectivity index (χ0n) is 9.23. The van der Waals surface area contributed by atoms with E-state index in [0.717, 1.165) is 12.8 Å². The molecule has 1 fully saturated rings. The summed E-state index contributed by atoms with van der Waals surface area (Å²) in [4.78, 5) is 14.0. The van der Waals surface area contributed by atoms with Gasteiger partial charge >= 0.3 is 0 Å². The number of carbonyl (C=O) groups excluding carboxylic acids is 1. The lowest BCUT2D eigenvalue weighted by Crippen LogP contribution is -2.46. The number of thiocarbonyl (C=S) groups is 1. The highest BCUT2D eigenvalue weighted by Gasteiger charge is 2.29. The smallest absolute Gasteiger partial charge is 0.252 e. The highest BCUT2D eigenvalue weighted by Crippen LogP contribution is 2.16. The molecule has 0 saturated carbocycles. The van der Waals surface area contributed by atoms with Crippen molar-refractivity contribution in [2.45, 2.75) is 38.8 Å². The van der Waals surface area contributed by atoms with Gasteiger partial charge in [0, 0.05) is 12.6 Å². The number of nitrogens with zero attached hydrogens (tertiary/aromatic N) is 1. The highest BCUT2D eigenvalue weighted by molar-refractivity contribution is 7.80. The minimum atomic E-state index is -0.290. The number of nitrogens with two attached hydrogens (primary N) is 1. The van der Waals surface area contributed by atoms with E-state index >= 15 is 0 Å². The standard InChI is InChI=1S/C10H18N2O2S/c1-7(2)12(6-9(11)15)10(13)8-4-3-5-14-8/h7-8H,3-6H2,1-2H3,(H2,11,15). The van der Waals surface area contributed by atoms with Crippen LogP contribution in [0.5, 0.6) is 0 Å². The van der Waals surface area contributed by atoms with Gasteiger partial charge in [-0.15, -0.1) is 0 Å². The van der Waals surface area contributed by atoms with E-state index in [2.05, 4.69) is 0 Å². The molecular weight excluding hydrogens is 212 g/mol. The Kier molecular flexibility index (Phi) is 4.47. The van der Waals surface area contributed by atoms with Gasteiger partial charge in [-0.2, -0.15) is 0 Å². The molecule has 86 valence electrons. The summed E-state index contributed by atoms with van der Waals surface area (Å²) in [5.41, 5.74) is 5.46. The maximum absolute atomic E-state index is 12.0. The van der Waals surface area contributed by atoms with E-state index in [1.54, 1.807) is 4.90 Å². The second-order valence-corrected chi connectivity index (χ2v) is 4.55. The molecule has 1 unspecified atom stereocenters. The summed E-state index contributed by atoms with van der Waals surface area (Å²) in [6.07, 6.45) is 1.47. The van der Waals surface area contributed by atoms with Crippen LogP contribution in [0.4, 0.5) is 0 Å². The predicted molar refractivity (Wildman–Crippen MR) is 62.6 cm³/mol. The van der Waals surface area contributed by atoms with Crippen molar-refractivity contribution in [3.05, 3.63) is 0 Å². The first kappa shape index (κ1) is 12.4. The van der Waals surface area contributed by atoms with Crippen LogP contribution >= 0.6 is 12.2 Å². The molecule has 2 N–H and O–H groups in total. The van der Waals surface area contributed by atoms with Crippen molar-refractivity contribution in [3.8, 4) is 0 Å². The molecule has 1 saturated heterocycles. The van der Waals surface area contributed by atoms with Gasteiger partial charge in [0.1, 0.15) is 6.10 Å². The Labute approximate surface area is 95.8 Å². The Morgan fingerprint density at radius 1 is 1.67 bits per heavy atom. The second kappa shape index (κ2) is 5.42. The summed E-state index contributed by atoms with van der Waals surface area (Å²) in [6.45, 7) is 4.91. The second-order valence-electron chi connectivity index (χ2n) is 4.03. The molecule has 1 rings (SSSR count). The van der Waals surface area contributed by atoms with E-state index in [-0.39, 0.29) is 18.1 Å². The normalized spacial score (nSPS) is 20.6. The third kappa shape index (κ3) is 3.43. The van der Waals surface area contributed by atoms with E-state index in [1.165, 1.54) is 0 Å². The molecule has 0 aliphatic carbocycles. The van der Waals surface area contributed by atoms with Gasteiger partial charge in [-0.1, -0.05) is 12.2 Å². The molecule has 1 amide bonds. The summed E-state index contributed by atoms with van der Waals surface area (Å²) in [5, 5.41) is 0. The molecule has 1 aliphatic rings. The third-order valence-corrected chi connectivity index (χ3v) is 2.57. The van der Waals surface area contributed by atoms with Crippen LogP contribution in [0.15, 0.2) is 0 Å². The maximum Gasteiger partial charge on any atom is 0.252 e. The van der Waals surface area contributed by atoms with Crippen molar-refractivity contribution in [2.75, 3.05) is 13.2 Å². The fourth-order valence-corrected chi connectivity index (χ4v) is 1.78. The number of rotatable bonds is 4. The largest absolute Gasteiger partial charge is 0.392 e. The molecule has 0 bridgehead atoms. The van der Waals surface area contributed by atoms with Crippen molar-refractivity contribution in [1.82, 2.24) is 4.90 Å². The molecule has 1 aliphatic heterocycles. The minimum Gasteiger partial charge on any atom is -0.392 e. The Morgan fingerprint density at radius 2 is 2.33 bits per heavy atom. The third-order valence-electron chi connectivity index (χ3n) is 2.44. The predicted octanol–water partition coefficient (Wildman–Crippen LogP) is 0.689. The van der Waals surface area contributed by atoms with Crippen molar-refractivity contribution in [1.29, 1.82) is 0 Å². The fourth-order valence-electron chi connectivity index (χ4n) is 1.64. The number of hydrogen-bond donors (Lipinski definition) is 1. The summed E-state index contributed by atoms with van der Waals surface area (Å²) in [7, 11) is 0. The van der Waals surface area contributed by atoms with Gasteiger partial charge in [-0.3, -0.25) is 4.79 Å². The highest BCUT2D eigenvalue weighted by atomic mass is 32.1. The molecule has 0 aromatic carbocycles. The van der Waals surface area contributed by atoms with Gasteiger partial charge in [0.25, 0.3) is 5.91 Å². The van der Waals surface area contributed by atoms with Crippen LogP contribution < -0.4 is 5.73 Å². The number of ether oxygens (including phenoxy) is 1. The lowest BCUT2D eigenvalue weighted by Gasteiger charge is -2.28. The van der Waals surface area contributed by atoms with Crippen LogP contribution in [0.2, 0.25) is 0 Å². The van der Waals surface area contributed by atoms with Crippen LogP contribution in [0, 0.1) is 0 Å². The van der Waals surface area contributed by atoms with Gasteiger partial charge in [0.2, 0.25) is 0 Å². The molecule has 1 atom stereocenters. The Balaban J connectivity index is 2.61. The zero-order valence-corrected chi connectivity index (χ0v) is 10.0. The lowest BCUT2D eigenvalue weighted by molar-refractivity contribution is -0.141. The molecule has 0 aromatic heterocycles. The monoisotopic (exact) mass is 230 g/mol. The van der Waals surface area contributed by atoms with Gasteiger partial charge in [0.15, 0.2) is 0 Å². The van der Waals surface area contributed by atoms with Crippen molar-refractivity contribution in [3.63, 3.8) is 0 Å². The van der Waals surface area contributed by atoms with Crippen LogP contribution in [-0.4, -0.2) is 41.1 Å². The van der Waals surface area contributed by atoms with E-state index in [4.69, 9.17) is 22.7 Å². The topological polar surface area (TPSA) is 55.6 Å². The van der Waals surface area contributed by atoms with E-state index in [0.29, 0.717) is 18.1 Å². The zero-order chi connectivity index (χ0) is 11.4. The van der Waals surface area contributed by atoms with Gasteiger partial charge in [-0.25, -0.2) is 0 Å². The lowest BCUT2D eigenvalue weighted by atomic mass is 10.2. The fraction of sp³-hybridized carbons (Fsp3) is 0.800. The van der Waals surface area contributed by atoms with Crippen molar-refractivity contribution >= 4 is 23.1 Å². The SMILES string of the molecule is CC(C)N(CC(N)=S)C(=O)C1CCCO1. The number of carbonyl (C=O) groups is 1. The Morgan fingerprint density at radius 3 is 2.73 bits per heavy atom. The summed E-state index contributed by atoms with van der Waals surface area (Å²) >= 11 is 4.83. The first-order valence-electron chi connectivity index (χ1n) is 5.22. The Bertz CT molecular complexity index is 250. The Hall–Kier alpha value is -0.680. The average Bonchev–Trinajstić information content (AvgIpc) is 2.65. The molecule has 1 heterocycles. The minimum absolute atomic E-state index is 0.00954. The van der Waals surface area contributed by atoms with E-state index < -0.39 is 0 Å². The average molecular weight is 230 g/mol. The molecule has 5 heteroatoms. The number of amides is 1. The van der Waals surface area contributed by atoms with Crippen LogP contribution in [-0.2, 0) is 9.53 Å². The van der Waals surface area contributed by atoms with E-state index in [9.17, 15) is 4.79 Å². The molecular formula is C10H18N2O2S. The molecule has 0 aromatic rings. The quantitative estimate of drug-likeness (QED) is 0.722. The summed E-state index contributed by atoms with van der Waals surface area (Å²) in [6, 6.07) is 0.100. The van der Waals surface area contributed by atoms with Crippen LogP contribution in [0.1, 0.15) is 26.7 Å². The number of hydrogen-bond acceptors (Lipinski definition) is 3. The van der Waals surface area contributed by atoms with Crippen molar-refractivity contribution in [2.24, 2.45) is 5.73 Å². The first-order chi connectivity index (χ1) is 7.02. The van der Waals surface area contributed by atoms with Crippen LogP contribution in [0.25, 0.3) is 0 Å². The summed E-state index contributed by atoms with van der Waals surface area (Å²) in [5.74, 6) is 0.00954. The molecule has 0 radical (unpaired) electrons. The van der Waals surface area contributed by atoms with Crippen molar-refractivity contribution < 1.29 is 9.53 Å². The summed E-state index contributed by atoms with van der Waals surface area (Å²) < 4.78 is 5.35. The molecule has 4 nitrogen and oxygen atoms in total. The molecule has 15 heavy (non-hydrogen) atoms. The van der Waals surface area contributed by atoms with Gasteiger partial charge in [-0.05, 0) is 26.7 Å². The van der Waals surface area contributed by atoms with E-state index in [1.807, 2.05) is 13.8 Å². The molecule has 0 spiro atoms. The first-order valence-corrected chi connectivity index (χ1v) is 5.63. The van der Waals surface area contributed by atoms with Gasteiger partial charge in [0.05, 0.1) is 11.5 Å².